The van der Waals surface area contributed by atoms with Crippen LogP contribution in [-0.4, -0.2) is 30.5 Å². The second-order valence-corrected chi connectivity index (χ2v) is 7.99. The molecular formula is C24H19F3N6O2. The van der Waals surface area contributed by atoms with Gasteiger partial charge in [0.05, 0.1) is 39.9 Å². The normalized spacial score (nSPS) is 11.8. The number of alkyl halides is 3. The quantitative estimate of drug-likeness (QED) is 0.377. The lowest BCUT2D eigenvalue weighted by molar-refractivity contribution is -0.137. The number of rotatable bonds is 4. The Hall–Kier alpha value is -4.41. The van der Waals surface area contributed by atoms with Gasteiger partial charge in [0.1, 0.15) is 11.5 Å². The van der Waals surface area contributed by atoms with E-state index in [1.807, 2.05) is 0 Å². The number of anilines is 1. The third-order valence-electron chi connectivity index (χ3n) is 5.50. The zero-order valence-electron chi connectivity index (χ0n) is 18.9. The fourth-order valence-electron chi connectivity index (χ4n) is 4.03. The van der Waals surface area contributed by atoms with E-state index in [0.717, 1.165) is 10.7 Å². The molecule has 0 aliphatic heterocycles. The molecule has 11 heteroatoms. The summed E-state index contributed by atoms with van der Waals surface area (Å²) in [5.74, 6) is 0.00185. The highest BCUT2D eigenvalue weighted by atomic mass is 19.4. The van der Waals surface area contributed by atoms with Gasteiger partial charge in [-0.3, -0.25) is 9.48 Å². The Morgan fingerprint density at radius 2 is 1.83 bits per heavy atom. The van der Waals surface area contributed by atoms with Gasteiger partial charge in [0.15, 0.2) is 11.4 Å². The molecule has 178 valence electrons. The van der Waals surface area contributed by atoms with Crippen molar-refractivity contribution in [1.82, 2.24) is 24.5 Å². The van der Waals surface area contributed by atoms with Gasteiger partial charge >= 0.3 is 6.18 Å². The van der Waals surface area contributed by atoms with E-state index >= 15 is 0 Å². The summed E-state index contributed by atoms with van der Waals surface area (Å²) in [4.78, 5) is 18.1. The molecule has 1 amide bonds. The molecule has 8 nitrogen and oxygen atoms in total. The Morgan fingerprint density at radius 1 is 1.06 bits per heavy atom. The van der Waals surface area contributed by atoms with E-state index in [2.05, 4.69) is 20.5 Å². The van der Waals surface area contributed by atoms with Crippen LogP contribution in [-0.2, 0) is 13.2 Å². The van der Waals surface area contributed by atoms with Crippen molar-refractivity contribution >= 4 is 22.8 Å². The second kappa shape index (κ2) is 8.12. The fourth-order valence-corrected chi connectivity index (χ4v) is 4.03. The van der Waals surface area contributed by atoms with Crippen molar-refractivity contribution in [2.45, 2.75) is 20.0 Å². The lowest BCUT2D eigenvalue weighted by Gasteiger charge is -2.15. The predicted octanol–water partition coefficient (Wildman–Crippen LogP) is 5.30. The first-order valence-corrected chi connectivity index (χ1v) is 10.6. The maximum atomic E-state index is 13.6. The summed E-state index contributed by atoms with van der Waals surface area (Å²) >= 11 is 0. The number of fused-ring (bicyclic) bond motifs is 1. The van der Waals surface area contributed by atoms with Crippen LogP contribution in [0.1, 0.15) is 27.3 Å². The molecule has 0 saturated carbocycles. The number of nitrogens with one attached hydrogen (secondary N) is 1. The number of para-hydroxylation sites is 1. The molecule has 0 bridgehead atoms. The topological polar surface area (TPSA) is 90.8 Å². The Labute approximate surface area is 197 Å². The summed E-state index contributed by atoms with van der Waals surface area (Å²) in [6.07, 6.45) is -3.10. The van der Waals surface area contributed by atoms with Crippen molar-refractivity contribution in [2.24, 2.45) is 7.05 Å². The van der Waals surface area contributed by atoms with Gasteiger partial charge in [-0.2, -0.15) is 23.4 Å². The number of pyridine rings is 1. The number of benzene rings is 1. The van der Waals surface area contributed by atoms with Crippen molar-refractivity contribution in [3.8, 4) is 17.1 Å². The molecule has 0 fully saturated rings. The second-order valence-electron chi connectivity index (χ2n) is 7.99. The molecule has 0 spiro atoms. The highest BCUT2D eigenvalue weighted by molar-refractivity contribution is 6.13. The molecule has 0 saturated heterocycles. The number of amides is 1. The Kier molecular flexibility index (Phi) is 5.19. The lowest BCUT2D eigenvalue weighted by atomic mass is 10.1. The van der Waals surface area contributed by atoms with Gasteiger partial charge in [-0.05, 0) is 44.2 Å². The molecule has 0 unspecified atom stereocenters. The van der Waals surface area contributed by atoms with E-state index in [0.29, 0.717) is 33.9 Å². The third kappa shape index (κ3) is 3.94. The fraction of sp³-hybridized carbons (Fsp3) is 0.167. The van der Waals surface area contributed by atoms with E-state index in [1.54, 1.807) is 43.8 Å². The number of hydrogen-bond acceptors (Lipinski definition) is 5. The maximum absolute atomic E-state index is 13.6. The van der Waals surface area contributed by atoms with Gasteiger partial charge in [-0.15, -0.1) is 0 Å². The summed E-state index contributed by atoms with van der Waals surface area (Å²) in [5, 5.41) is 11.8. The van der Waals surface area contributed by atoms with Crippen LogP contribution < -0.4 is 5.32 Å². The molecule has 1 N–H and O–H groups in total. The number of carbonyl (C=O) groups is 1. The first-order valence-electron chi connectivity index (χ1n) is 10.6. The number of carbonyl (C=O) groups excluding carboxylic acids is 1. The van der Waals surface area contributed by atoms with Gasteiger partial charge in [-0.1, -0.05) is 12.1 Å². The number of aromatic nitrogens is 5. The van der Waals surface area contributed by atoms with Crippen LogP contribution in [0, 0.1) is 13.8 Å². The van der Waals surface area contributed by atoms with Gasteiger partial charge in [0, 0.05) is 13.1 Å². The van der Waals surface area contributed by atoms with E-state index in [4.69, 9.17) is 4.42 Å². The first-order chi connectivity index (χ1) is 16.6. The van der Waals surface area contributed by atoms with Gasteiger partial charge in [0.25, 0.3) is 5.91 Å². The average molecular weight is 480 g/mol. The molecule has 4 aromatic heterocycles. The van der Waals surface area contributed by atoms with E-state index in [9.17, 15) is 18.0 Å². The molecule has 5 rings (SSSR count). The molecule has 0 aliphatic carbocycles. The zero-order valence-corrected chi connectivity index (χ0v) is 18.9. The van der Waals surface area contributed by atoms with Crippen molar-refractivity contribution < 1.29 is 22.4 Å². The number of furan rings is 1. The highest BCUT2D eigenvalue weighted by Gasteiger charge is 2.34. The minimum Gasteiger partial charge on any atom is -0.463 e. The standard InChI is InChI=1S/C24H19F3N6O2/c1-13-11-20(33(30-13)18-8-5-4-7-16(18)24(25,26)27)29-23(34)15-12-17(19-9-6-10-35-19)28-22-21(15)14(2)31-32(22)3/h4-12H,1-3H3,(H,29,34). The molecule has 0 atom stereocenters. The smallest absolute Gasteiger partial charge is 0.418 e. The minimum absolute atomic E-state index is 0.0928. The van der Waals surface area contributed by atoms with Crippen molar-refractivity contribution in [1.29, 1.82) is 0 Å². The zero-order chi connectivity index (χ0) is 24.9. The van der Waals surface area contributed by atoms with Crippen LogP contribution in [0.15, 0.2) is 59.2 Å². The predicted molar refractivity (Wildman–Crippen MR) is 122 cm³/mol. The van der Waals surface area contributed by atoms with Crippen LogP contribution in [0.4, 0.5) is 19.0 Å². The molecule has 1 aromatic carbocycles. The molecule has 35 heavy (non-hydrogen) atoms. The number of nitrogens with zero attached hydrogens (tertiary/aromatic N) is 5. The van der Waals surface area contributed by atoms with Crippen LogP contribution in [0.5, 0.6) is 0 Å². The van der Waals surface area contributed by atoms with Crippen molar-refractivity contribution in [2.75, 3.05) is 5.32 Å². The Bertz CT molecular complexity index is 1560. The molecule has 0 radical (unpaired) electrons. The molecule has 5 aromatic rings. The van der Waals surface area contributed by atoms with Crippen LogP contribution in [0.3, 0.4) is 0 Å². The molecule has 4 heterocycles. The van der Waals surface area contributed by atoms with Crippen molar-refractivity contribution in [3.05, 3.63) is 77.3 Å². The Morgan fingerprint density at radius 3 is 2.54 bits per heavy atom. The lowest BCUT2D eigenvalue weighted by Crippen LogP contribution is -2.18. The van der Waals surface area contributed by atoms with Gasteiger partial charge in [-0.25, -0.2) is 9.67 Å². The summed E-state index contributed by atoms with van der Waals surface area (Å²) in [7, 11) is 1.71. The van der Waals surface area contributed by atoms with Crippen molar-refractivity contribution in [3.63, 3.8) is 0 Å². The van der Waals surface area contributed by atoms with Crippen LogP contribution in [0.25, 0.3) is 28.2 Å². The third-order valence-corrected chi connectivity index (χ3v) is 5.50. The number of halogens is 3. The summed E-state index contributed by atoms with van der Waals surface area (Å²) in [6.45, 7) is 3.38. The summed E-state index contributed by atoms with van der Waals surface area (Å²) < 4.78 is 49.0. The maximum Gasteiger partial charge on any atom is 0.418 e. The number of aryl methyl sites for hydroxylation is 3. The first kappa shape index (κ1) is 22.4. The highest BCUT2D eigenvalue weighted by Crippen LogP contribution is 2.35. The van der Waals surface area contributed by atoms with Gasteiger partial charge in [0.2, 0.25) is 0 Å². The number of hydrogen-bond donors (Lipinski definition) is 1. The Balaban J connectivity index is 1.62. The SMILES string of the molecule is Cc1cc(NC(=O)c2cc(-c3ccco3)nc3c2c(C)nn3C)n(-c2ccccc2C(F)(F)F)n1. The van der Waals surface area contributed by atoms with E-state index in [-0.39, 0.29) is 17.1 Å². The van der Waals surface area contributed by atoms with Crippen LogP contribution >= 0.6 is 0 Å². The van der Waals surface area contributed by atoms with E-state index in [1.165, 1.54) is 30.5 Å². The molecule has 0 aliphatic rings. The average Bonchev–Trinajstić information content (AvgIpc) is 3.53. The van der Waals surface area contributed by atoms with Gasteiger partial charge < -0.3 is 9.73 Å². The minimum atomic E-state index is -4.60. The largest absolute Gasteiger partial charge is 0.463 e. The van der Waals surface area contributed by atoms with Crippen LogP contribution in [0.2, 0.25) is 0 Å². The molecular weight excluding hydrogens is 461 g/mol. The van der Waals surface area contributed by atoms with E-state index < -0.39 is 17.6 Å². The summed E-state index contributed by atoms with van der Waals surface area (Å²) in [5.41, 5.74) is 1.09. The summed E-state index contributed by atoms with van der Waals surface area (Å²) in [6, 6.07) is 11.6. The monoisotopic (exact) mass is 480 g/mol.